The largest absolute Gasteiger partial charge is 0.332 e. The van der Waals surface area contributed by atoms with Gasteiger partial charge in [-0.1, -0.05) is 35.9 Å². The molecule has 3 nitrogen and oxygen atoms in total. The van der Waals surface area contributed by atoms with Gasteiger partial charge >= 0.3 is 0 Å². The topological polar surface area (TPSA) is 33.2 Å². The average Bonchev–Trinajstić information content (AvgIpc) is 3.04. The van der Waals surface area contributed by atoms with Crippen LogP contribution in [-0.2, 0) is 4.79 Å². The normalized spacial score (nSPS) is 18.0. The van der Waals surface area contributed by atoms with Crippen molar-refractivity contribution in [2.45, 2.75) is 25.8 Å². The highest BCUT2D eigenvalue weighted by atomic mass is 16.2. The third-order valence-electron chi connectivity index (χ3n) is 4.10. The average molecular weight is 292 g/mol. The Balaban J connectivity index is 1.74. The van der Waals surface area contributed by atoms with Crippen LogP contribution in [0.3, 0.4) is 0 Å². The van der Waals surface area contributed by atoms with E-state index in [9.17, 15) is 4.79 Å². The van der Waals surface area contributed by atoms with E-state index in [0.717, 1.165) is 24.9 Å². The van der Waals surface area contributed by atoms with Gasteiger partial charge in [0.1, 0.15) is 0 Å². The van der Waals surface area contributed by atoms with Gasteiger partial charge in [-0.2, -0.15) is 0 Å². The van der Waals surface area contributed by atoms with E-state index in [-0.39, 0.29) is 11.9 Å². The van der Waals surface area contributed by atoms with Crippen LogP contribution in [0.2, 0.25) is 0 Å². The van der Waals surface area contributed by atoms with Gasteiger partial charge < -0.3 is 4.90 Å². The van der Waals surface area contributed by atoms with Crippen molar-refractivity contribution < 1.29 is 4.79 Å². The smallest absolute Gasteiger partial charge is 0.247 e. The molecule has 1 aromatic heterocycles. The van der Waals surface area contributed by atoms with E-state index in [1.54, 1.807) is 18.5 Å². The minimum atomic E-state index is 0.0759. The van der Waals surface area contributed by atoms with Crippen LogP contribution in [0.25, 0.3) is 6.08 Å². The third-order valence-corrected chi connectivity index (χ3v) is 4.10. The van der Waals surface area contributed by atoms with Crippen LogP contribution in [-0.4, -0.2) is 22.3 Å². The molecule has 0 radical (unpaired) electrons. The molecular formula is C19H20N2O. The minimum Gasteiger partial charge on any atom is -0.332 e. The second-order valence-corrected chi connectivity index (χ2v) is 5.72. The molecule has 0 aliphatic carbocycles. The molecule has 1 unspecified atom stereocenters. The van der Waals surface area contributed by atoms with Crippen molar-refractivity contribution in [2.75, 3.05) is 6.54 Å². The molecule has 1 fully saturated rings. The van der Waals surface area contributed by atoms with Gasteiger partial charge in [0.25, 0.3) is 0 Å². The first-order valence-electron chi connectivity index (χ1n) is 7.69. The fourth-order valence-corrected chi connectivity index (χ4v) is 2.90. The summed E-state index contributed by atoms with van der Waals surface area (Å²) in [6, 6.07) is 12.5. The number of carbonyl (C=O) groups is 1. The first kappa shape index (κ1) is 14.5. The number of aryl methyl sites for hydroxylation is 1. The van der Waals surface area contributed by atoms with Crippen molar-refractivity contribution >= 4 is 12.0 Å². The summed E-state index contributed by atoms with van der Waals surface area (Å²) in [5.41, 5.74) is 3.42. The van der Waals surface area contributed by atoms with Crippen LogP contribution in [0.1, 0.15) is 35.6 Å². The third kappa shape index (κ3) is 3.25. The summed E-state index contributed by atoms with van der Waals surface area (Å²) < 4.78 is 0. The van der Waals surface area contributed by atoms with E-state index in [4.69, 9.17) is 0 Å². The molecule has 3 rings (SSSR count). The Bertz CT molecular complexity index is 662. The van der Waals surface area contributed by atoms with Crippen LogP contribution in [0.5, 0.6) is 0 Å². The second kappa shape index (κ2) is 6.56. The molecule has 2 heterocycles. The molecule has 1 aromatic carbocycles. The van der Waals surface area contributed by atoms with E-state index in [1.165, 1.54) is 11.1 Å². The number of pyridine rings is 1. The maximum absolute atomic E-state index is 12.5. The number of hydrogen-bond donors (Lipinski definition) is 0. The lowest BCUT2D eigenvalue weighted by Gasteiger charge is -2.24. The number of hydrogen-bond acceptors (Lipinski definition) is 2. The number of rotatable bonds is 3. The lowest BCUT2D eigenvalue weighted by atomic mass is 10.0. The Kier molecular flexibility index (Phi) is 4.33. The van der Waals surface area contributed by atoms with Crippen LogP contribution in [0.15, 0.2) is 54.9 Å². The Morgan fingerprint density at radius 1 is 1.27 bits per heavy atom. The van der Waals surface area contributed by atoms with E-state index in [1.807, 2.05) is 23.1 Å². The van der Waals surface area contributed by atoms with Gasteiger partial charge in [-0.15, -0.1) is 0 Å². The van der Waals surface area contributed by atoms with Crippen molar-refractivity contribution in [2.24, 2.45) is 0 Å². The lowest BCUT2D eigenvalue weighted by molar-refractivity contribution is -0.126. The number of amides is 1. The second-order valence-electron chi connectivity index (χ2n) is 5.72. The number of carbonyl (C=O) groups excluding carboxylic acids is 1. The minimum absolute atomic E-state index is 0.0759. The van der Waals surface area contributed by atoms with Crippen LogP contribution in [0, 0.1) is 6.92 Å². The van der Waals surface area contributed by atoms with Gasteiger partial charge in [-0.3, -0.25) is 9.78 Å². The number of aromatic nitrogens is 1. The predicted octanol–water partition coefficient (Wildman–Crippen LogP) is 3.77. The van der Waals surface area contributed by atoms with Crippen molar-refractivity contribution in [1.82, 2.24) is 9.88 Å². The van der Waals surface area contributed by atoms with Crippen molar-refractivity contribution in [3.8, 4) is 0 Å². The maximum atomic E-state index is 12.5. The van der Waals surface area contributed by atoms with Gasteiger partial charge in [0.15, 0.2) is 0 Å². The van der Waals surface area contributed by atoms with Gasteiger partial charge in [-0.05, 0) is 43.0 Å². The molecule has 1 aliphatic heterocycles. The molecule has 0 N–H and O–H groups in total. The van der Waals surface area contributed by atoms with Crippen LogP contribution >= 0.6 is 0 Å². The monoisotopic (exact) mass is 292 g/mol. The van der Waals surface area contributed by atoms with Gasteiger partial charge in [-0.25, -0.2) is 0 Å². The van der Waals surface area contributed by atoms with E-state index in [0.29, 0.717) is 0 Å². The predicted molar refractivity (Wildman–Crippen MR) is 88.1 cm³/mol. The van der Waals surface area contributed by atoms with E-state index < -0.39 is 0 Å². The summed E-state index contributed by atoms with van der Waals surface area (Å²) in [5, 5.41) is 0. The fourth-order valence-electron chi connectivity index (χ4n) is 2.90. The Morgan fingerprint density at radius 3 is 2.82 bits per heavy atom. The van der Waals surface area contributed by atoms with Crippen molar-refractivity contribution in [3.63, 3.8) is 0 Å². The molecule has 0 bridgehead atoms. The Labute approximate surface area is 131 Å². The van der Waals surface area contributed by atoms with Crippen LogP contribution < -0.4 is 0 Å². The zero-order chi connectivity index (χ0) is 15.4. The van der Waals surface area contributed by atoms with Crippen molar-refractivity contribution in [1.29, 1.82) is 0 Å². The Morgan fingerprint density at radius 2 is 2.09 bits per heavy atom. The van der Waals surface area contributed by atoms with Crippen molar-refractivity contribution in [3.05, 3.63) is 71.6 Å². The highest BCUT2D eigenvalue weighted by Gasteiger charge is 2.28. The van der Waals surface area contributed by atoms with Gasteiger partial charge in [0, 0.05) is 25.0 Å². The van der Waals surface area contributed by atoms with E-state index in [2.05, 4.69) is 36.2 Å². The highest BCUT2D eigenvalue weighted by molar-refractivity contribution is 5.92. The quantitative estimate of drug-likeness (QED) is 0.807. The maximum Gasteiger partial charge on any atom is 0.247 e. The molecule has 2 aromatic rings. The first-order chi connectivity index (χ1) is 10.7. The molecule has 3 heteroatoms. The summed E-state index contributed by atoms with van der Waals surface area (Å²) in [6.07, 6.45) is 9.07. The van der Waals surface area contributed by atoms with Gasteiger partial charge in [0.05, 0.1) is 6.04 Å². The highest BCUT2D eigenvalue weighted by Crippen LogP contribution is 2.32. The summed E-state index contributed by atoms with van der Waals surface area (Å²) in [5.74, 6) is 0.0759. The summed E-state index contributed by atoms with van der Waals surface area (Å²) >= 11 is 0. The standard InChI is InChI=1S/C19H20N2O/c1-15-6-9-17(10-7-15)18-5-3-13-21(18)19(22)11-8-16-4-2-12-20-14-16/h2,4,6-12,14,18H,3,5,13H2,1H3/b11-8+. The first-order valence-corrected chi connectivity index (χ1v) is 7.69. The fraction of sp³-hybridized carbons (Fsp3) is 0.263. The molecule has 1 atom stereocenters. The Hall–Kier alpha value is -2.42. The van der Waals surface area contributed by atoms with E-state index >= 15 is 0 Å². The molecule has 1 saturated heterocycles. The molecule has 1 amide bonds. The zero-order valence-corrected chi connectivity index (χ0v) is 12.8. The zero-order valence-electron chi connectivity index (χ0n) is 12.8. The molecule has 0 spiro atoms. The van der Waals surface area contributed by atoms with Crippen LogP contribution in [0.4, 0.5) is 0 Å². The summed E-state index contributed by atoms with van der Waals surface area (Å²) in [7, 11) is 0. The number of nitrogens with zero attached hydrogens (tertiary/aromatic N) is 2. The summed E-state index contributed by atoms with van der Waals surface area (Å²) in [6.45, 7) is 2.91. The molecule has 1 aliphatic rings. The molecule has 112 valence electrons. The molecular weight excluding hydrogens is 272 g/mol. The number of likely N-dealkylation sites (tertiary alicyclic amines) is 1. The summed E-state index contributed by atoms with van der Waals surface area (Å²) in [4.78, 5) is 18.5. The van der Waals surface area contributed by atoms with Gasteiger partial charge in [0.2, 0.25) is 5.91 Å². The molecule has 22 heavy (non-hydrogen) atoms. The number of benzene rings is 1. The lowest BCUT2D eigenvalue weighted by Crippen LogP contribution is -2.28. The molecule has 0 saturated carbocycles. The SMILES string of the molecule is Cc1ccc(C2CCCN2C(=O)/C=C/c2cccnc2)cc1.